The van der Waals surface area contributed by atoms with Crippen LogP contribution >= 0.6 is 0 Å². The molecule has 19 heavy (non-hydrogen) atoms. The minimum Gasteiger partial charge on any atom is -0.376 e. The van der Waals surface area contributed by atoms with Gasteiger partial charge in [-0.3, -0.25) is 0 Å². The van der Waals surface area contributed by atoms with Crippen LogP contribution in [0.2, 0.25) is 0 Å². The lowest BCUT2D eigenvalue weighted by Crippen LogP contribution is -2.28. The normalized spacial score (nSPS) is 11.5. The molecule has 0 saturated carbocycles. The molecule has 1 rings (SSSR count). The zero-order valence-corrected chi connectivity index (χ0v) is 11.9. The first-order chi connectivity index (χ1) is 8.83. The second kappa shape index (κ2) is 6.79. The molecule has 4 nitrogen and oxygen atoms in total. The van der Waals surface area contributed by atoms with Crippen LogP contribution in [0.4, 0.5) is 4.39 Å². The summed E-state index contributed by atoms with van der Waals surface area (Å²) in [5, 5.41) is 0. The van der Waals surface area contributed by atoms with E-state index in [2.05, 4.69) is 11.3 Å². The summed E-state index contributed by atoms with van der Waals surface area (Å²) in [4.78, 5) is 0.0776. The molecule has 6 heteroatoms. The number of sulfonamides is 1. The maximum Gasteiger partial charge on any atom is 0.240 e. The quantitative estimate of drug-likeness (QED) is 0.616. The predicted molar refractivity (Wildman–Crippen MR) is 72.0 cm³/mol. The first kappa shape index (κ1) is 15.8. The maximum atomic E-state index is 12.9. The minimum absolute atomic E-state index is 0.0776. The average molecular weight is 287 g/mol. The van der Waals surface area contributed by atoms with Gasteiger partial charge in [0.15, 0.2) is 0 Å². The molecule has 0 saturated heterocycles. The van der Waals surface area contributed by atoms with Crippen LogP contribution in [-0.4, -0.2) is 28.2 Å². The van der Waals surface area contributed by atoms with Crippen molar-refractivity contribution in [2.45, 2.75) is 18.7 Å². The van der Waals surface area contributed by atoms with Gasteiger partial charge in [0, 0.05) is 6.54 Å². The van der Waals surface area contributed by atoms with Crippen molar-refractivity contribution in [3.63, 3.8) is 0 Å². The van der Waals surface area contributed by atoms with E-state index in [1.165, 1.54) is 12.1 Å². The lowest BCUT2D eigenvalue weighted by molar-refractivity contribution is 0.162. The standard InChI is InChI=1S/C13H18FNO3S/c1-10(2)9-18-7-6-15-19(16,17)13-5-4-12(14)8-11(13)3/h4-5,8,15H,1,6-7,9H2,2-3H3. The second-order valence-corrected chi connectivity index (χ2v) is 6.05. The fourth-order valence-electron chi connectivity index (χ4n) is 1.49. The SMILES string of the molecule is C=C(C)COCCNS(=O)(=O)c1ccc(F)cc1C. The van der Waals surface area contributed by atoms with E-state index in [9.17, 15) is 12.8 Å². The Labute approximate surface area is 113 Å². The fourth-order valence-corrected chi connectivity index (χ4v) is 2.72. The molecule has 0 radical (unpaired) electrons. The molecule has 0 aliphatic heterocycles. The summed E-state index contributed by atoms with van der Waals surface area (Å²) in [5.41, 5.74) is 1.24. The van der Waals surface area contributed by atoms with Gasteiger partial charge < -0.3 is 4.74 Å². The van der Waals surface area contributed by atoms with Crippen LogP contribution in [0.25, 0.3) is 0 Å². The zero-order chi connectivity index (χ0) is 14.5. The highest BCUT2D eigenvalue weighted by molar-refractivity contribution is 7.89. The van der Waals surface area contributed by atoms with Gasteiger partial charge >= 0.3 is 0 Å². The van der Waals surface area contributed by atoms with Gasteiger partial charge in [-0.05, 0) is 37.6 Å². The summed E-state index contributed by atoms with van der Waals surface area (Å²) in [5.74, 6) is -0.457. The number of halogens is 1. The molecule has 0 aliphatic rings. The Morgan fingerprint density at radius 3 is 2.74 bits per heavy atom. The third-order valence-electron chi connectivity index (χ3n) is 2.31. The molecule has 1 N–H and O–H groups in total. The van der Waals surface area contributed by atoms with E-state index < -0.39 is 15.8 Å². The summed E-state index contributed by atoms with van der Waals surface area (Å²) in [6.45, 7) is 7.86. The highest BCUT2D eigenvalue weighted by atomic mass is 32.2. The van der Waals surface area contributed by atoms with E-state index in [1.54, 1.807) is 6.92 Å². The average Bonchev–Trinajstić information content (AvgIpc) is 2.27. The van der Waals surface area contributed by atoms with Crippen LogP contribution in [0.1, 0.15) is 12.5 Å². The molecule has 0 unspecified atom stereocenters. The third-order valence-corrected chi connectivity index (χ3v) is 3.93. The third kappa shape index (κ3) is 5.10. The van der Waals surface area contributed by atoms with Crippen LogP contribution in [0.3, 0.4) is 0 Å². The number of aryl methyl sites for hydroxylation is 1. The van der Waals surface area contributed by atoms with Gasteiger partial charge in [0.25, 0.3) is 0 Å². The van der Waals surface area contributed by atoms with Crippen molar-refractivity contribution < 1.29 is 17.5 Å². The van der Waals surface area contributed by atoms with Crippen molar-refractivity contribution in [2.24, 2.45) is 0 Å². The van der Waals surface area contributed by atoms with Crippen molar-refractivity contribution >= 4 is 10.0 Å². The molecule has 0 spiro atoms. The molecule has 0 amide bonds. The smallest absolute Gasteiger partial charge is 0.240 e. The molecular formula is C13H18FNO3S. The first-order valence-electron chi connectivity index (χ1n) is 5.81. The summed E-state index contributed by atoms with van der Waals surface area (Å²) >= 11 is 0. The molecule has 1 aromatic carbocycles. The molecule has 0 heterocycles. The Hall–Kier alpha value is -1.24. The topological polar surface area (TPSA) is 55.4 Å². The lowest BCUT2D eigenvalue weighted by Gasteiger charge is -2.09. The molecule has 0 bridgehead atoms. The number of nitrogens with one attached hydrogen (secondary N) is 1. The Balaban J connectivity index is 2.59. The molecule has 0 fully saturated rings. The second-order valence-electron chi connectivity index (χ2n) is 4.32. The largest absolute Gasteiger partial charge is 0.376 e. The van der Waals surface area contributed by atoms with Crippen molar-refractivity contribution in [3.8, 4) is 0 Å². The Morgan fingerprint density at radius 2 is 2.16 bits per heavy atom. The van der Waals surface area contributed by atoms with Crippen LogP contribution in [0.5, 0.6) is 0 Å². The first-order valence-corrected chi connectivity index (χ1v) is 7.29. The van der Waals surface area contributed by atoms with Crippen molar-refractivity contribution in [2.75, 3.05) is 19.8 Å². The van der Waals surface area contributed by atoms with E-state index in [0.717, 1.165) is 11.6 Å². The summed E-state index contributed by atoms with van der Waals surface area (Å²) in [6, 6.07) is 3.56. The van der Waals surface area contributed by atoms with Gasteiger partial charge in [0.05, 0.1) is 18.1 Å². The predicted octanol–water partition coefficient (Wildman–Crippen LogP) is 2.01. The van der Waals surface area contributed by atoms with E-state index >= 15 is 0 Å². The highest BCUT2D eigenvalue weighted by Gasteiger charge is 2.16. The van der Waals surface area contributed by atoms with Crippen molar-refractivity contribution in [3.05, 3.63) is 41.7 Å². The van der Waals surface area contributed by atoms with Crippen molar-refractivity contribution in [1.29, 1.82) is 0 Å². The van der Waals surface area contributed by atoms with E-state index in [-0.39, 0.29) is 18.0 Å². The Bertz CT molecular complexity index is 555. The van der Waals surface area contributed by atoms with Gasteiger partial charge in [-0.1, -0.05) is 12.2 Å². The number of hydrogen-bond acceptors (Lipinski definition) is 3. The lowest BCUT2D eigenvalue weighted by atomic mass is 10.2. The van der Waals surface area contributed by atoms with Gasteiger partial charge in [-0.15, -0.1) is 0 Å². The maximum absolute atomic E-state index is 12.9. The highest BCUT2D eigenvalue weighted by Crippen LogP contribution is 2.15. The van der Waals surface area contributed by atoms with E-state index in [4.69, 9.17) is 4.74 Å². The molecular weight excluding hydrogens is 269 g/mol. The van der Waals surface area contributed by atoms with Crippen molar-refractivity contribution in [1.82, 2.24) is 4.72 Å². The molecule has 1 aromatic rings. The van der Waals surface area contributed by atoms with Crippen LogP contribution in [-0.2, 0) is 14.8 Å². The number of ether oxygens (including phenoxy) is 1. The zero-order valence-electron chi connectivity index (χ0n) is 11.1. The number of hydrogen-bond donors (Lipinski definition) is 1. The van der Waals surface area contributed by atoms with Crippen LogP contribution < -0.4 is 4.72 Å². The molecule has 0 aromatic heterocycles. The van der Waals surface area contributed by atoms with Crippen LogP contribution in [0, 0.1) is 12.7 Å². The van der Waals surface area contributed by atoms with E-state index in [1.807, 2.05) is 6.92 Å². The Morgan fingerprint density at radius 1 is 1.47 bits per heavy atom. The van der Waals surface area contributed by atoms with E-state index in [0.29, 0.717) is 12.2 Å². The molecule has 0 atom stereocenters. The van der Waals surface area contributed by atoms with Gasteiger partial charge in [0.1, 0.15) is 5.82 Å². The monoisotopic (exact) mass is 287 g/mol. The minimum atomic E-state index is -3.63. The summed E-state index contributed by atoms with van der Waals surface area (Å²) in [6.07, 6.45) is 0. The summed E-state index contributed by atoms with van der Waals surface area (Å²) < 4.78 is 44.4. The van der Waals surface area contributed by atoms with Gasteiger partial charge in [-0.2, -0.15) is 0 Å². The summed E-state index contributed by atoms with van der Waals surface area (Å²) in [7, 11) is -3.63. The molecule has 106 valence electrons. The number of rotatable bonds is 7. The Kier molecular flexibility index (Phi) is 5.65. The fraction of sp³-hybridized carbons (Fsp3) is 0.385. The van der Waals surface area contributed by atoms with Gasteiger partial charge in [0.2, 0.25) is 10.0 Å². The van der Waals surface area contributed by atoms with Crippen LogP contribution in [0.15, 0.2) is 35.2 Å². The number of benzene rings is 1. The molecule has 0 aliphatic carbocycles. The van der Waals surface area contributed by atoms with Gasteiger partial charge in [-0.25, -0.2) is 17.5 Å².